The van der Waals surface area contributed by atoms with Gasteiger partial charge in [-0.05, 0) is 24.5 Å². The lowest BCUT2D eigenvalue weighted by molar-refractivity contribution is 0.235. The van der Waals surface area contributed by atoms with Gasteiger partial charge in [0.15, 0.2) is 0 Å². The molecule has 1 amide bonds. The maximum atomic E-state index is 10.9. The van der Waals surface area contributed by atoms with Crippen LogP contribution in [0, 0.1) is 6.92 Å². The van der Waals surface area contributed by atoms with Crippen molar-refractivity contribution in [3.05, 3.63) is 35.4 Å². The number of hydrogen-bond donors (Lipinski definition) is 0. The molecule has 1 aromatic carbocycles. The van der Waals surface area contributed by atoms with E-state index in [1.807, 2.05) is 12.1 Å². The van der Waals surface area contributed by atoms with Crippen LogP contribution in [0.2, 0.25) is 0 Å². The van der Waals surface area contributed by atoms with E-state index in [-0.39, 0.29) is 4.82 Å². The van der Waals surface area contributed by atoms with Crippen molar-refractivity contribution in [2.75, 3.05) is 13.6 Å². The normalized spacial score (nSPS) is 9.93. The first-order valence-corrected chi connectivity index (χ1v) is 5.35. The molecule has 0 atom stereocenters. The number of carbonyl (C=O) groups excluding carboxylic acids is 1. The molecule has 0 saturated carbocycles. The molecule has 0 fully saturated rings. The van der Waals surface area contributed by atoms with Gasteiger partial charge in [-0.1, -0.05) is 24.3 Å². The van der Waals surface area contributed by atoms with Gasteiger partial charge in [0.05, 0.1) is 0 Å². The summed E-state index contributed by atoms with van der Waals surface area (Å²) in [6.07, 6.45) is 0.903. The standard InChI is InChI=1S/C11H14BrNO/c1-9-5-3-4-6-10(9)7-8-13(2)11(12)14/h3-6H,7-8H2,1-2H3. The van der Waals surface area contributed by atoms with Crippen LogP contribution in [0.4, 0.5) is 4.79 Å². The lowest BCUT2D eigenvalue weighted by atomic mass is 10.1. The second-order valence-corrected chi connectivity index (χ2v) is 4.03. The van der Waals surface area contributed by atoms with Crippen molar-refractivity contribution >= 4 is 20.7 Å². The summed E-state index contributed by atoms with van der Waals surface area (Å²) in [6, 6.07) is 8.24. The van der Waals surface area contributed by atoms with Crippen molar-refractivity contribution in [3.8, 4) is 0 Å². The van der Waals surface area contributed by atoms with Crippen molar-refractivity contribution in [2.45, 2.75) is 13.3 Å². The number of aryl methyl sites for hydroxylation is 1. The maximum Gasteiger partial charge on any atom is 0.289 e. The van der Waals surface area contributed by atoms with E-state index in [0.29, 0.717) is 0 Å². The Labute approximate surface area is 93.0 Å². The highest BCUT2D eigenvalue weighted by Crippen LogP contribution is 2.08. The molecule has 0 unspecified atom stereocenters. The molecule has 3 heteroatoms. The first-order valence-electron chi connectivity index (χ1n) is 4.56. The molecule has 0 saturated heterocycles. The monoisotopic (exact) mass is 255 g/mol. The fourth-order valence-corrected chi connectivity index (χ4v) is 1.44. The van der Waals surface area contributed by atoms with Crippen LogP contribution in [-0.4, -0.2) is 23.3 Å². The van der Waals surface area contributed by atoms with Crippen LogP contribution in [0.5, 0.6) is 0 Å². The van der Waals surface area contributed by atoms with Crippen LogP contribution >= 0.6 is 15.9 Å². The molecule has 0 aliphatic rings. The van der Waals surface area contributed by atoms with E-state index in [0.717, 1.165) is 13.0 Å². The highest BCUT2D eigenvalue weighted by atomic mass is 79.9. The van der Waals surface area contributed by atoms with E-state index in [1.165, 1.54) is 11.1 Å². The molecule has 0 aliphatic carbocycles. The Morgan fingerprint density at radius 2 is 2.07 bits per heavy atom. The fraction of sp³-hybridized carbons (Fsp3) is 0.364. The van der Waals surface area contributed by atoms with Crippen molar-refractivity contribution in [1.82, 2.24) is 4.90 Å². The molecule has 0 aliphatic heterocycles. The molecule has 0 aromatic heterocycles. The van der Waals surface area contributed by atoms with Crippen molar-refractivity contribution in [3.63, 3.8) is 0 Å². The Morgan fingerprint density at radius 1 is 1.43 bits per heavy atom. The lowest BCUT2D eigenvalue weighted by Crippen LogP contribution is -2.23. The number of hydrogen-bond acceptors (Lipinski definition) is 1. The highest BCUT2D eigenvalue weighted by Gasteiger charge is 2.04. The molecular formula is C11H14BrNO. The fourth-order valence-electron chi connectivity index (χ4n) is 1.27. The molecule has 1 rings (SSSR count). The minimum atomic E-state index is -0.0638. The Morgan fingerprint density at radius 3 is 2.64 bits per heavy atom. The minimum Gasteiger partial charge on any atom is -0.336 e. The predicted molar refractivity (Wildman–Crippen MR) is 61.8 cm³/mol. The van der Waals surface area contributed by atoms with Gasteiger partial charge in [0.1, 0.15) is 0 Å². The second-order valence-electron chi connectivity index (χ2n) is 3.35. The van der Waals surface area contributed by atoms with Gasteiger partial charge in [-0.25, -0.2) is 0 Å². The number of nitrogens with zero attached hydrogens (tertiary/aromatic N) is 1. The molecule has 0 heterocycles. The summed E-state index contributed by atoms with van der Waals surface area (Å²) < 4.78 is 0. The molecule has 0 spiro atoms. The quantitative estimate of drug-likeness (QED) is 0.601. The van der Waals surface area contributed by atoms with Crippen LogP contribution in [0.25, 0.3) is 0 Å². The van der Waals surface area contributed by atoms with Crippen LogP contribution in [0.3, 0.4) is 0 Å². The number of carbonyl (C=O) groups is 1. The molecule has 1 aromatic rings. The SMILES string of the molecule is Cc1ccccc1CCN(C)C(=O)Br. The van der Waals surface area contributed by atoms with Crippen LogP contribution in [-0.2, 0) is 6.42 Å². The Bertz CT molecular complexity index is 325. The van der Waals surface area contributed by atoms with Gasteiger partial charge in [-0.15, -0.1) is 0 Å². The van der Waals surface area contributed by atoms with Gasteiger partial charge in [-0.2, -0.15) is 0 Å². The van der Waals surface area contributed by atoms with Crippen LogP contribution in [0.15, 0.2) is 24.3 Å². The van der Waals surface area contributed by atoms with E-state index in [9.17, 15) is 4.79 Å². The van der Waals surface area contributed by atoms with E-state index in [4.69, 9.17) is 0 Å². The van der Waals surface area contributed by atoms with E-state index >= 15 is 0 Å². The van der Waals surface area contributed by atoms with Gasteiger partial charge in [0, 0.05) is 29.5 Å². The molecule has 14 heavy (non-hydrogen) atoms. The smallest absolute Gasteiger partial charge is 0.289 e. The molecule has 0 N–H and O–H groups in total. The van der Waals surface area contributed by atoms with Crippen molar-refractivity contribution in [1.29, 1.82) is 0 Å². The van der Waals surface area contributed by atoms with Gasteiger partial charge in [0.25, 0.3) is 4.82 Å². The largest absolute Gasteiger partial charge is 0.336 e. The number of benzene rings is 1. The second kappa shape index (κ2) is 5.15. The summed E-state index contributed by atoms with van der Waals surface area (Å²) in [7, 11) is 1.79. The zero-order valence-corrected chi connectivity index (χ0v) is 10.0. The van der Waals surface area contributed by atoms with Gasteiger partial charge >= 0.3 is 0 Å². The average Bonchev–Trinajstić information content (AvgIpc) is 2.16. The van der Waals surface area contributed by atoms with E-state index in [2.05, 4.69) is 35.0 Å². The zero-order chi connectivity index (χ0) is 10.6. The summed E-state index contributed by atoms with van der Waals surface area (Å²) >= 11 is 2.92. The third kappa shape index (κ3) is 3.14. The first kappa shape index (κ1) is 11.2. The summed E-state index contributed by atoms with van der Waals surface area (Å²) in [5.41, 5.74) is 2.58. The van der Waals surface area contributed by atoms with E-state index < -0.39 is 0 Å². The van der Waals surface area contributed by atoms with Crippen LogP contribution < -0.4 is 0 Å². The Hall–Kier alpha value is -0.830. The van der Waals surface area contributed by atoms with Crippen LogP contribution in [0.1, 0.15) is 11.1 Å². The van der Waals surface area contributed by atoms with Crippen molar-refractivity contribution in [2.24, 2.45) is 0 Å². The van der Waals surface area contributed by atoms with Gasteiger partial charge in [-0.3, -0.25) is 4.79 Å². The molecule has 2 nitrogen and oxygen atoms in total. The predicted octanol–water partition coefficient (Wildman–Crippen LogP) is 2.98. The molecule has 0 bridgehead atoms. The van der Waals surface area contributed by atoms with Gasteiger partial charge in [0.2, 0.25) is 0 Å². The minimum absolute atomic E-state index is 0.0638. The lowest BCUT2D eigenvalue weighted by Gasteiger charge is -2.14. The Balaban J connectivity index is 2.54. The molecular weight excluding hydrogens is 242 g/mol. The Kier molecular flexibility index (Phi) is 4.14. The number of halogens is 1. The highest BCUT2D eigenvalue weighted by molar-refractivity contribution is 9.18. The maximum absolute atomic E-state index is 10.9. The molecule has 0 radical (unpaired) electrons. The van der Waals surface area contributed by atoms with E-state index in [1.54, 1.807) is 11.9 Å². The number of amides is 1. The third-order valence-electron chi connectivity index (χ3n) is 2.28. The average molecular weight is 256 g/mol. The summed E-state index contributed by atoms with van der Waals surface area (Å²) in [5, 5.41) is 0. The van der Waals surface area contributed by atoms with Crippen molar-refractivity contribution < 1.29 is 4.79 Å². The summed E-state index contributed by atoms with van der Waals surface area (Å²) in [6.45, 7) is 2.83. The molecule has 76 valence electrons. The number of likely N-dealkylation sites (N-methyl/N-ethyl adjacent to an activating group) is 1. The summed E-state index contributed by atoms with van der Waals surface area (Å²) in [4.78, 5) is 12.5. The summed E-state index contributed by atoms with van der Waals surface area (Å²) in [5.74, 6) is 0. The topological polar surface area (TPSA) is 20.3 Å². The third-order valence-corrected chi connectivity index (χ3v) is 2.88. The number of rotatable bonds is 3. The zero-order valence-electron chi connectivity index (χ0n) is 8.46. The first-order chi connectivity index (χ1) is 6.61. The van der Waals surface area contributed by atoms with Gasteiger partial charge < -0.3 is 4.90 Å².